The Morgan fingerprint density at radius 3 is 2.33 bits per heavy atom. The molecule has 172 valence electrons. The second-order valence-electron chi connectivity index (χ2n) is 8.14. The monoisotopic (exact) mass is 467 g/mol. The Balaban J connectivity index is 1.53. The van der Waals surface area contributed by atoms with Gasteiger partial charge in [0.25, 0.3) is 5.91 Å². The molecule has 2 aliphatic rings. The third kappa shape index (κ3) is 4.05. The van der Waals surface area contributed by atoms with Gasteiger partial charge in [0.1, 0.15) is 0 Å². The minimum absolute atomic E-state index is 0.104. The largest absolute Gasteiger partial charge is 0.379 e. The van der Waals surface area contributed by atoms with Crippen LogP contribution in [0.5, 0.6) is 0 Å². The normalized spacial score (nSPS) is 17.6. The lowest BCUT2D eigenvalue weighted by atomic mass is 10.2. The van der Waals surface area contributed by atoms with Gasteiger partial charge in [-0.3, -0.25) is 9.69 Å². The molecule has 2 aliphatic heterocycles. The van der Waals surface area contributed by atoms with Crippen LogP contribution in [0.3, 0.4) is 0 Å². The first kappa shape index (κ1) is 21.7. The van der Waals surface area contributed by atoms with Crippen molar-refractivity contribution in [2.75, 3.05) is 56.2 Å². The van der Waals surface area contributed by atoms with Crippen molar-refractivity contribution >= 4 is 38.6 Å². The highest BCUT2D eigenvalue weighted by molar-refractivity contribution is 7.89. The van der Waals surface area contributed by atoms with E-state index in [2.05, 4.69) is 0 Å². The van der Waals surface area contributed by atoms with Crippen molar-refractivity contribution in [3.8, 4) is 0 Å². The number of anilines is 2. The predicted octanol–water partition coefficient (Wildman–Crippen LogP) is 2.14. The molecule has 2 aromatic carbocycles. The molecule has 5 rings (SSSR count). The summed E-state index contributed by atoms with van der Waals surface area (Å²) >= 11 is 0. The number of carbonyl (C=O) groups is 1. The number of hydrogen-bond acceptors (Lipinski definition) is 7. The van der Waals surface area contributed by atoms with E-state index in [0.29, 0.717) is 55.6 Å². The summed E-state index contributed by atoms with van der Waals surface area (Å²) in [6.45, 7) is 2.52. The summed E-state index contributed by atoms with van der Waals surface area (Å²) < 4.78 is 32.9. The fraction of sp³-hybridized carbons (Fsp3) is 0.348. The van der Waals surface area contributed by atoms with Crippen LogP contribution in [0.4, 0.5) is 11.6 Å². The van der Waals surface area contributed by atoms with Crippen LogP contribution < -0.4 is 9.80 Å². The van der Waals surface area contributed by atoms with E-state index in [4.69, 9.17) is 14.7 Å². The van der Waals surface area contributed by atoms with E-state index in [-0.39, 0.29) is 10.8 Å². The van der Waals surface area contributed by atoms with Crippen LogP contribution in [0.2, 0.25) is 0 Å². The average Bonchev–Trinajstić information content (AvgIpc) is 3.01. The molecule has 0 radical (unpaired) electrons. The number of rotatable bonds is 3. The van der Waals surface area contributed by atoms with E-state index < -0.39 is 10.0 Å². The van der Waals surface area contributed by atoms with Crippen LogP contribution in [0.15, 0.2) is 53.4 Å². The molecule has 10 heteroatoms. The molecule has 3 heterocycles. The molecule has 0 spiro atoms. The number of sulfonamides is 1. The summed E-state index contributed by atoms with van der Waals surface area (Å²) in [5, 5.41) is 0. The van der Waals surface area contributed by atoms with E-state index in [1.165, 1.54) is 16.4 Å². The van der Waals surface area contributed by atoms with Crippen LogP contribution in [-0.4, -0.2) is 75.0 Å². The molecule has 0 bridgehead atoms. The number of para-hydroxylation sites is 2. The average molecular weight is 468 g/mol. The van der Waals surface area contributed by atoms with Crippen molar-refractivity contribution in [1.82, 2.24) is 14.3 Å². The number of nitrogens with zero attached hydrogens (tertiary/aromatic N) is 5. The predicted molar refractivity (Wildman–Crippen MR) is 125 cm³/mol. The lowest BCUT2D eigenvalue weighted by Crippen LogP contribution is -2.40. The van der Waals surface area contributed by atoms with Crippen molar-refractivity contribution in [3.63, 3.8) is 0 Å². The number of morpholine rings is 1. The summed E-state index contributed by atoms with van der Waals surface area (Å²) in [5.41, 5.74) is 1.76. The second-order valence-corrected chi connectivity index (χ2v) is 10.1. The standard InChI is InChI=1S/C23H25N5O4S/c1-26-10-5-11-28(22-21(26)24-19-8-2-3-9-20(19)25-22)23(29)17-6-4-7-18(16-17)33(30,31)27-12-14-32-15-13-27/h2-4,6-9,16H,5,10-15H2,1H3. The van der Waals surface area contributed by atoms with Crippen molar-refractivity contribution in [2.24, 2.45) is 0 Å². The Labute approximate surface area is 192 Å². The Hall–Kier alpha value is -3.08. The van der Waals surface area contributed by atoms with Crippen LogP contribution in [-0.2, 0) is 14.8 Å². The molecule has 1 aromatic heterocycles. The van der Waals surface area contributed by atoms with Gasteiger partial charge in [-0.25, -0.2) is 18.4 Å². The summed E-state index contributed by atoms with van der Waals surface area (Å²) in [6, 6.07) is 13.8. The van der Waals surface area contributed by atoms with Crippen molar-refractivity contribution in [1.29, 1.82) is 0 Å². The van der Waals surface area contributed by atoms with Crippen molar-refractivity contribution < 1.29 is 17.9 Å². The van der Waals surface area contributed by atoms with Gasteiger partial charge in [-0.15, -0.1) is 0 Å². The van der Waals surface area contributed by atoms with Gasteiger partial charge in [0.05, 0.1) is 29.1 Å². The lowest BCUT2D eigenvalue weighted by molar-refractivity contribution is 0.0730. The maximum atomic E-state index is 13.6. The minimum Gasteiger partial charge on any atom is -0.379 e. The highest BCUT2D eigenvalue weighted by Crippen LogP contribution is 2.31. The smallest absolute Gasteiger partial charge is 0.259 e. The number of ether oxygens (including phenoxy) is 1. The Bertz CT molecular complexity index is 1310. The first-order valence-electron chi connectivity index (χ1n) is 10.9. The molecule has 9 nitrogen and oxygen atoms in total. The molecule has 3 aromatic rings. The van der Waals surface area contributed by atoms with E-state index in [9.17, 15) is 13.2 Å². The maximum Gasteiger partial charge on any atom is 0.259 e. The molecule has 0 atom stereocenters. The number of carbonyl (C=O) groups excluding carboxylic acids is 1. The highest BCUT2D eigenvalue weighted by atomic mass is 32.2. The third-order valence-electron chi connectivity index (χ3n) is 5.96. The quantitative estimate of drug-likeness (QED) is 0.582. The minimum atomic E-state index is -3.71. The fourth-order valence-corrected chi connectivity index (χ4v) is 5.63. The van der Waals surface area contributed by atoms with Crippen LogP contribution >= 0.6 is 0 Å². The molecule has 0 unspecified atom stereocenters. The highest BCUT2D eigenvalue weighted by Gasteiger charge is 2.30. The molecule has 0 N–H and O–H groups in total. The van der Waals surface area contributed by atoms with Gasteiger partial charge in [-0.05, 0) is 36.8 Å². The zero-order valence-corrected chi connectivity index (χ0v) is 19.2. The molecular formula is C23H25N5O4S. The maximum absolute atomic E-state index is 13.6. The number of benzene rings is 2. The van der Waals surface area contributed by atoms with E-state index in [0.717, 1.165) is 18.5 Å². The molecule has 33 heavy (non-hydrogen) atoms. The number of hydrogen-bond donors (Lipinski definition) is 0. The zero-order chi connectivity index (χ0) is 23.0. The Kier molecular flexibility index (Phi) is 5.73. The lowest BCUT2D eigenvalue weighted by Gasteiger charge is -2.26. The van der Waals surface area contributed by atoms with Crippen LogP contribution in [0.1, 0.15) is 16.8 Å². The number of amides is 1. The Morgan fingerprint density at radius 2 is 1.61 bits per heavy atom. The number of aromatic nitrogens is 2. The van der Waals surface area contributed by atoms with Gasteiger partial charge in [-0.1, -0.05) is 18.2 Å². The molecular weight excluding hydrogens is 442 g/mol. The van der Waals surface area contributed by atoms with Crippen LogP contribution in [0, 0.1) is 0 Å². The summed E-state index contributed by atoms with van der Waals surface area (Å²) in [4.78, 5) is 26.9. The fourth-order valence-electron chi connectivity index (χ4n) is 4.18. The van der Waals surface area contributed by atoms with E-state index in [1.54, 1.807) is 17.0 Å². The first-order chi connectivity index (χ1) is 15.9. The topological polar surface area (TPSA) is 95.9 Å². The molecule has 0 saturated carbocycles. The molecule has 0 aliphatic carbocycles. The van der Waals surface area contributed by atoms with E-state index >= 15 is 0 Å². The van der Waals surface area contributed by atoms with Gasteiger partial charge < -0.3 is 9.64 Å². The van der Waals surface area contributed by atoms with Gasteiger partial charge in [0.2, 0.25) is 10.0 Å². The summed E-state index contributed by atoms with van der Waals surface area (Å²) in [6.07, 6.45) is 0.738. The molecule has 1 amide bonds. The SMILES string of the molecule is CN1CCCN(C(=O)c2cccc(S(=O)(=O)N3CCOCC3)c2)c2nc3ccccc3nc21. The van der Waals surface area contributed by atoms with E-state index in [1.807, 2.05) is 36.2 Å². The Morgan fingerprint density at radius 1 is 0.909 bits per heavy atom. The third-order valence-corrected chi connectivity index (χ3v) is 7.86. The van der Waals surface area contributed by atoms with Gasteiger partial charge in [0, 0.05) is 38.8 Å². The summed E-state index contributed by atoms with van der Waals surface area (Å²) in [5.74, 6) is 0.826. The second kappa shape index (κ2) is 8.69. The van der Waals surface area contributed by atoms with Gasteiger partial charge in [-0.2, -0.15) is 4.31 Å². The van der Waals surface area contributed by atoms with Crippen LogP contribution in [0.25, 0.3) is 11.0 Å². The summed E-state index contributed by atoms with van der Waals surface area (Å²) in [7, 11) is -1.77. The number of fused-ring (bicyclic) bond motifs is 2. The van der Waals surface area contributed by atoms with Crippen molar-refractivity contribution in [2.45, 2.75) is 11.3 Å². The molecule has 1 fully saturated rings. The first-order valence-corrected chi connectivity index (χ1v) is 12.4. The van der Waals surface area contributed by atoms with Crippen molar-refractivity contribution in [3.05, 3.63) is 54.1 Å². The molecule has 1 saturated heterocycles. The zero-order valence-electron chi connectivity index (χ0n) is 18.3. The van der Waals surface area contributed by atoms with Gasteiger partial charge >= 0.3 is 0 Å². The van der Waals surface area contributed by atoms with Gasteiger partial charge in [0.15, 0.2) is 11.6 Å².